The molecule has 84 valence electrons. The van der Waals surface area contributed by atoms with Crippen LogP contribution in [-0.4, -0.2) is 10.9 Å². The zero-order valence-electron chi connectivity index (χ0n) is 9.44. The first-order chi connectivity index (χ1) is 7.61. The van der Waals surface area contributed by atoms with Gasteiger partial charge in [0.05, 0.1) is 5.76 Å². The zero-order chi connectivity index (χ0) is 12.0. The molecule has 0 aliphatic carbocycles. The second-order valence-electron chi connectivity index (χ2n) is 3.69. The van der Waals surface area contributed by atoms with E-state index in [0.717, 1.165) is 17.5 Å². The third-order valence-corrected chi connectivity index (χ3v) is 2.26. The minimum Gasteiger partial charge on any atom is -0.512 e. The fourth-order valence-corrected chi connectivity index (χ4v) is 1.40. The number of hydrogen-bond acceptors (Lipinski definition) is 2. The first kappa shape index (κ1) is 12.2. The molecule has 0 heterocycles. The molecule has 0 atom stereocenters. The highest BCUT2D eigenvalue weighted by molar-refractivity contribution is 5.87. The molecule has 16 heavy (non-hydrogen) atoms. The Morgan fingerprint density at radius 2 is 2.00 bits per heavy atom. The van der Waals surface area contributed by atoms with Gasteiger partial charge in [-0.25, -0.2) is 0 Å². The van der Waals surface area contributed by atoms with Crippen LogP contribution in [0.15, 0.2) is 42.7 Å². The lowest BCUT2D eigenvalue weighted by Gasteiger charge is -2.01. The van der Waals surface area contributed by atoms with Crippen molar-refractivity contribution in [1.82, 2.24) is 0 Å². The number of aryl methyl sites for hydroxylation is 1. The molecule has 2 heteroatoms. The first-order valence-electron chi connectivity index (χ1n) is 5.23. The molecule has 0 bridgehead atoms. The lowest BCUT2D eigenvalue weighted by molar-refractivity contribution is -0.112. The molecular formula is C14H16O2. The van der Waals surface area contributed by atoms with Gasteiger partial charge in [0.2, 0.25) is 0 Å². The van der Waals surface area contributed by atoms with E-state index in [9.17, 15) is 9.90 Å². The quantitative estimate of drug-likeness (QED) is 0.605. The highest BCUT2D eigenvalue weighted by Crippen LogP contribution is 2.10. The molecule has 0 spiro atoms. The minimum atomic E-state index is -0.125. The van der Waals surface area contributed by atoms with Crippen LogP contribution in [0, 0.1) is 0 Å². The van der Waals surface area contributed by atoms with Gasteiger partial charge in [-0.3, -0.25) is 4.79 Å². The Bertz CT molecular complexity index is 399. The molecule has 0 unspecified atom stereocenters. The maximum Gasteiger partial charge on any atom is 0.155 e. The third-order valence-electron chi connectivity index (χ3n) is 2.26. The molecule has 0 aliphatic heterocycles. The summed E-state index contributed by atoms with van der Waals surface area (Å²) < 4.78 is 0. The van der Waals surface area contributed by atoms with Gasteiger partial charge in [-0.1, -0.05) is 36.9 Å². The van der Waals surface area contributed by atoms with Crippen molar-refractivity contribution in [3.05, 3.63) is 53.8 Å². The van der Waals surface area contributed by atoms with E-state index in [-0.39, 0.29) is 11.5 Å². The largest absolute Gasteiger partial charge is 0.512 e. The maximum absolute atomic E-state index is 10.7. The molecule has 2 nitrogen and oxygen atoms in total. The van der Waals surface area contributed by atoms with Crippen LogP contribution in [0.4, 0.5) is 0 Å². The van der Waals surface area contributed by atoms with E-state index in [2.05, 4.69) is 6.58 Å². The molecule has 0 radical (unpaired) electrons. The predicted molar refractivity (Wildman–Crippen MR) is 66.2 cm³/mol. The Balaban J connectivity index is 2.54. The second kappa shape index (κ2) is 5.91. The fraction of sp³-hybridized carbons (Fsp3) is 0.214. The lowest BCUT2D eigenvalue weighted by atomic mass is 10.1. The van der Waals surface area contributed by atoms with Crippen molar-refractivity contribution in [2.24, 2.45) is 0 Å². The van der Waals surface area contributed by atoms with E-state index in [1.54, 1.807) is 6.08 Å². The second-order valence-corrected chi connectivity index (χ2v) is 3.69. The average molecular weight is 216 g/mol. The van der Waals surface area contributed by atoms with Gasteiger partial charge >= 0.3 is 0 Å². The summed E-state index contributed by atoms with van der Waals surface area (Å²) in [5, 5.41) is 9.41. The van der Waals surface area contributed by atoms with E-state index < -0.39 is 0 Å². The van der Waals surface area contributed by atoms with Crippen molar-refractivity contribution in [2.75, 3.05) is 0 Å². The monoisotopic (exact) mass is 216 g/mol. The average Bonchev–Trinajstić information content (AvgIpc) is 2.26. The molecule has 0 saturated heterocycles. The Kier molecular flexibility index (Phi) is 4.52. The van der Waals surface area contributed by atoms with Gasteiger partial charge in [0.25, 0.3) is 0 Å². The number of carbonyl (C=O) groups excluding carboxylic acids is 1. The Morgan fingerprint density at radius 3 is 2.50 bits per heavy atom. The normalized spacial score (nSPS) is 11.2. The molecule has 0 aliphatic rings. The van der Waals surface area contributed by atoms with Gasteiger partial charge in [0.1, 0.15) is 0 Å². The van der Waals surface area contributed by atoms with Gasteiger partial charge < -0.3 is 5.11 Å². The van der Waals surface area contributed by atoms with Gasteiger partial charge in [-0.15, -0.1) is 0 Å². The topological polar surface area (TPSA) is 37.3 Å². The van der Waals surface area contributed by atoms with Gasteiger partial charge in [-0.05, 0) is 24.5 Å². The number of ketones is 1. The molecule has 0 amide bonds. The van der Waals surface area contributed by atoms with Crippen LogP contribution in [0.25, 0.3) is 6.08 Å². The van der Waals surface area contributed by atoms with Gasteiger partial charge in [0.15, 0.2) is 5.78 Å². The van der Waals surface area contributed by atoms with Gasteiger partial charge in [0, 0.05) is 12.5 Å². The summed E-state index contributed by atoms with van der Waals surface area (Å²) in [5.41, 5.74) is 2.21. The Morgan fingerprint density at radius 1 is 1.38 bits per heavy atom. The standard InChI is InChI=1S/C14H16O2/c1-3-12-4-6-13(7-5-12)8-9-14(16)10-11(2)15/h3-7,10,16H,1,8-9H2,2H3. The van der Waals surface area contributed by atoms with Crippen LogP contribution in [0.1, 0.15) is 24.5 Å². The van der Waals surface area contributed by atoms with Crippen LogP contribution in [0.2, 0.25) is 0 Å². The summed E-state index contributed by atoms with van der Waals surface area (Å²) in [6.45, 7) is 5.11. The third kappa shape index (κ3) is 4.13. The SMILES string of the molecule is C=Cc1ccc(CCC(O)=CC(C)=O)cc1. The molecule has 0 aromatic heterocycles. The number of benzene rings is 1. The summed E-state index contributed by atoms with van der Waals surface area (Å²) in [5.74, 6) is 0.0137. The van der Waals surface area contributed by atoms with Crippen LogP contribution in [-0.2, 0) is 11.2 Å². The summed E-state index contributed by atoms with van der Waals surface area (Å²) in [4.78, 5) is 10.7. The highest BCUT2D eigenvalue weighted by atomic mass is 16.3. The summed E-state index contributed by atoms with van der Waals surface area (Å²) >= 11 is 0. The van der Waals surface area contributed by atoms with Crippen molar-refractivity contribution in [1.29, 1.82) is 0 Å². The minimum absolute atomic E-state index is 0.125. The first-order valence-corrected chi connectivity index (χ1v) is 5.23. The van der Waals surface area contributed by atoms with Crippen LogP contribution in [0.3, 0.4) is 0 Å². The van der Waals surface area contributed by atoms with Crippen molar-refractivity contribution in [2.45, 2.75) is 19.8 Å². The number of aliphatic hydroxyl groups is 1. The van der Waals surface area contributed by atoms with E-state index >= 15 is 0 Å². The molecule has 1 aromatic rings. The predicted octanol–water partition coefficient (Wildman–Crippen LogP) is 3.29. The molecule has 1 rings (SSSR count). The van der Waals surface area contributed by atoms with Crippen molar-refractivity contribution in [3.8, 4) is 0 Å². The van der Waals surface area contributed by atoms with E-state index in [4.69, 9.17) is 0 Å². The van der Waals surface area contributed by atoms with Crippen LogP contribution in [0.5, 0.6) is 0 Å². The smallest absolute Gasteiger partial charge is 0.155 e. The lowest BCUT2D eigenvalue weighted by Crippen LogP contribution is -1.92. The number of aliphatic hydroxyl groups excluding tert-OH is 1. The Labute approximate surface area is 95.9 Å². The summed E-state index contributed by atoms with van der Waals surface area (Å²) in [7, 11) is 0. The van der Waals surface area contributed by atoms with Crippen molar-refractivity contribution in [3.63, 3.8) is 0 Å². The number of rotatable bonds is 5. The number of allylic oxidation sites excluding steroid dienone is 2. The van der Waals surface area contributed by atoms with E-state index in [1.807, 2.05) is 24.3 Å². The van der Waals surface area contributed by atoms with E-state index in [1.165, 1.54) is 13.0 Å². The molecular weight excluding hydrogens is 200 g/mol. The number of hydrogen-bond donors (Lipinski definition) is 1. The summed E-state index contributed by atoms with van der Waals surface area (Å²) in [6.07, 6.45) is 4.27. The maximum atomic E-state index is 10.7. The summed E-state index contributed by atoms with van der Waals surface area (Å²) in [6, 6.07) is 7.96. The molecule has 1 N–H and O–H groups in total. The van der Waals surface area contributed by atoms with Crippen LogP contribution >= 0.6 is 0 Å². The highest BCUT2D eigenvalue weighted by Gasteiger charge is 1.98. The number of carbonyl (C=O) groups is 1. The van der Waals surface area contributed by atoms with Crippen molar-refractivity contribution < 1.29 is 9.90 Å². The molecule has 0 saturated carbocycles. The van der Waals surface area contributed by atoms with E-state index in [0.29, 0.717) is 6.42 Å². The zero-order valence-corrected chi connectivity index (χ0v) is 9.44. The van der Waals surface area contributed by atoms with Crippen LogP contribution < -0.4 is 0 Å². The van der Waals surface area contributed by atoms with Gasteiger partial charge in [-0.2, -0.15) is 0 Å². The Hall–Kier alpha value is -1.83. The molecule has 0 fully saturated rings. The van der Waals surface area contributed by atoms with Crippen molar-refractivity contribution >= 4 is 11.9 Å². The fourth-order valence-electron chi connectivity index (χ4n) is 1.40. The molecule has 1 aromatic carbocycles.